The highest BCUT2D eigenvalue weighted by atomic mass is 14.5. The van der Waals surface area contributed by atoms with Crippen molar-refractivity contribution < 1.29 is 0 Å². The van der Waals surface area contributed by atoms with Crippen molar-refractivity contribution in [2.45, 2.75) is 40.5 Å². The zero-order chi connectivity index (χ0) is 10.4. The Morgan fingerprint density at radius 3 is 2.08 bits per heavy atom. The number of rotatable bonds is 1. The summed E-state index contributed by atoms with van der Waals surface area (Å²) in [6.45, 7) is 10.5. The third-order valence-electron chi connectivity index (χ3n) is 1.93. The van der Waals surface area contributed by atoms with Crippen LogP contribution < -0.4 is 5.73 Å². The molecule has 0 aliphatic rings. The van der Waals surface area contributed by atoms with Crippen LogP contribution in [0.25, 0.3) is 0 Å². The molecule has 0 aromatic heterocycles. The maximum Gasteiger partial charge on any atom is 0.0317 e. The molecule has 74 valence electrons. The van der Waals surface area contributed by atoms with E-state index in [1.165, 1.54) is 11.1 Å². The lowest BCUT2D eigenvalue weighted by Crippen LogP contribution is -1.94. The van der Waals surface area contributed by atoms with Crippen molar-refractivity contribution in [1.82, 2.24) is 0 Å². The van der Waals surface area contributed by atoms with E-state index in [1.54, 1.807) is 0 Å². The van der Waals surface area contributed by atoms with Gasteiger partial charge >= 0.3 is 0 Å². The Kier molecular flexibility index (Phi) is 5.20. The van der Waals surface area contributed by atoms with Gasteiger partial charge in [0.15, 0.2) is 0 Å². The molecule has 0 saturated carbocycles. The monoisotopic (exact) mass is 179 g/mol. The van der Waals surface area contributed by atoms with E-state index < -0.39 is 0 Å². The van der Waals surface area contributed by atoms with Crippen molar-refractivity contribution in [1.29, 1.82) is 0 Å². The van der Waals surface area contributed by atoms with Crippen molar-refractivity contribution in [2.24, 2.45) is 0 Å². The molecule has 0 atom stereocenters. The molecule has 1 aromatic rings. The Morgan fingerprint density at radius 2 is 1.69 bits per heavy atom. The van der Waals surface area contributed by atoms with Crippen LogP contribution in [-0.2, 0) is 0 Å². The Morgan fingerprint density at radius 1 is 1.15 bits per heavy atom. The molecule has 0 unspecified atom stereocenters. The Labute approximate surface area is 82.0 Å². The van der Waals surface area contributed by atoms with E-state index in [2.05, 4.69) is 32.9 Å². The number of anilines is 1. The molecule has 0 fully saturated rings. The van der Waals surface area contributed by atoms with Crippen molar-refractivity contribution in [3.63, 3.8) is 0 Å². The summed E-state index contributed by atoms with van der Waals surface area (Å²) in [7, 11) is 0. The summed E-state index contributed by atoms with van der Waals surface area (Å²) in [4.78, 5) is 0. The number of hydrogen-bond donors (Lipinski definition) is 1. The molecule has 1 aromatic carbocycles. The molecule has 0 aliphatic carbocycles. The van der Waals surface area contributed by atoms with Crippen molar-refractivity contribution in [3.05, 3.63) is 29.3 Å². The van der Waals surface area contributed by atoms with Crippen LogP contribution in [-0.4, -0.2) is 0 Å². The fourth-order valence-electron chi connectivity index (χ4n) is 1.28. The van der Waals surface area contributed by atoms with Crippen LogP contribution in [0.5, 0.6) is 0 Å². The molecule has 0 amide bonds. The summed E-state index contributed by atoms with van der Waals surface area (Å²) in [5.41, 5.74) is 9.21. The molecule has 1 nitrogen and oxygen atoms in total. The van der Waals surface area contributed by atoms with Crippen LogP contribution >= 0.6 is 0 Å². The van der Waals surface area contributed by atoms with Gasteiger partial charge in [-0.1, -0.05) is 33.8 Å². The first kappa shape index (κ1) is 12.0. The number of nitrogen functional groups attached to an aromatic ring is 1. The molecule has 0 aliphatic heterocycles. The second-order valence-corrected chi connectivity index (χ2v) is 3.27. The lowest BCUT2D eigenvalue weighted by Gasteiger charge is -2.09. The number of hydrogen-bond acceptors (Lipinski definition) is 1. The van der Waals surface area contributed by atoms with Crippen molar-refractivity contribution >= 4 is 5.69 Å². The molecule has 13 heavy (non-hydrogen) atoms. The second-order valence-electron chi connectivity index (χ2n) is 3.27. The minimum absolute atomic E-state index is 0.568. The molecule has 0 spiro atoms. The summed E-state index contributed by atoms with van der Waals surface area (Å²) >= 11 is 0. The van der Waals surface area contributed by atoms with E-state index >= 15 is 0 Å². The quantitative estimate of drug-likeness (QED) is 0.653. The molecule has 0 radical (unpaired) electrons. The molecule has 0 heterocycles. The summed E-state index contributed by atoms with van der Waals surface area (Å²) in [6, 6.07) is 6.08. The first-order chi connectivity index (χ1) is 6.11. The van der Waals surface area contributed by atoms with E-state index in [0.717, 1.165) is 5.69 Å². The Hall–Kier alpha value is -0.980. The molecule has 1 heteroatoms. The van der Waals surface area contributed by atoms with E-state index in [-0.39, 0.29) is 0 Å². The van der Waals surface area contributed by atoms with Gasteiger partial charge in [-0.3, -0.25) is 0 Å². The van der Waals surface area contributed by atoms with Gasteiger partial charge in [0.1, 0.15) is 0 Å². The largest absolute Gasteiger partial charge is 0.399 e. The first-order valence-electron chi connectivity index (χ1n) is 4.97. The van der Waals surface area contributed by atoms with Crippen molar-refractivity contribution in [3.8, 4) is 0 Å². The highest BCUT2D eigenvalue weighted by Crippen LogP contribution is 2.20. The minimum atomic E-state index is 0.568. The van der Waals surface area contributed by atoms with Gasteiger partial charge in [-0.2, -0.15) is 0 Å². The van der Waals surface area contributed by atoms with Crippen LogP contribution in [0.2, 0.25) is 0 Å². The molecular formula is C12H21N. The second kappa shape index (κ2) is 5.63. The van der Waals surface area contributed by atoms with Crippen LogP contribution in [0.3, 0.4) is 0 Å². The molecule has 0 saturated heterocycles. The van der Waals surface area contributed by atoms with Gasteiger partial charge in [0, 0.05) is 5.69 Å². The fourth-order valence-corrected chi connectivity index (χ4v) is 1.28. The average Bonchev–Trinajstić information content (AvgIpc) is 2.12. The highest BCUT2D eigenvalue weighted by molar-refractivity contribution is 5.45. The van der Waals surface area contributed by atoms with E-state index in [1.807, 2.05) is 19.9 Å². The van der Waals surface area contributed by atoms with Gasteiger partial charge in [0.25, 0.3) is 0 Å². The van der Waals surface area contributed by atoms with E-state index in [4.69, 9.17) is 5.73 Å². The van der Waals surface area contributed by atoms with Gasteiger partial charge in [-0.15, -0.1) is 0 Å². The highest BCUT2D eigenvalue weighted by Gasteiger charge is 2.02. The van der Waals surface area contributed by atoms with Gasteiger partial charge in [0.05, 0.1) is 0 Å². The number of nitrogens with two attached hydrogens (primary N) is 1. The molecule has 0 bridgehead atoms. The summed E-state index contributed by atoms with van der Waals surface area (Å²) in [5, 5.41) is 0. The summed E-state index contributed by atoms with van der Waals surface area (Å²) in [6.07, 6.45) is 0. The van der Waals surface area contributed by atoms with Gasteiger partial charge in [-0.25, -0.2) is 0 Å². The normalized spacial score (nSPS) is 9.38. The lowest BCUT2D eigenvalue weighted by atomic mass is 9.98. The predicted molar refractivity (Wildman–Crippen MR) is 61.0 cm³/mol. The van der Waals surface area contributed by atoms with Crippen LogP contribution in [0.15, 0.2) is 18.2 Å². The van der Waals surface area contributed by atoms with E-state index in [9.17, 15) is 0 Å². The molecule has 1 rings (SSSR count). The number of aryl methyl sites for hydroxylation is 1. The maximum atomic E-state index is 5.67. The van der Waals surface area contributed by atoms with Crippen molar-refractivity contribution in [2.75, 3.05) is 5.73 Å². The zero-order valence-electron chi connectivity index (χ0n) is 9.39. The zero-order valence-corrected chi connectivity index (χ0v) is 9.39. The fraction of sp³-hybridized carbons (Fsp3) is 0.500. The SMILES string of the molecule is CC.Cc1ccc(N)cc1C(C)C. The molecular weight excluding hydrogens is 158 g/mol. The lowest BCUT2D eigenvalue weighted by molar-refractivity contribution is 0.857. The van der Waals surface area contributed by atoms with Gasteiger partial charge < -0.3 is 5.73 Å². The predicted octanol–water partition coefficient (Wildman–Crippen LogP) is 3.73. The maximum absolute atomic E-state index is 5.67. The first-order valence-corrected chi connectivity index (χ1v) is 4.97. The minimum Gasteiger partial charge on any atom is -0.399 e. The van der Waals surface area contributed by atoms with Crippen LogP contribution in [0, 0.1) is 6.92 Å². The number of benzene rings is 1. The Balaban J connectivity index is 0.000000671. The van der Waals surface area contributed by atoms with Crippen LogP contribution in [0.1, 0.15) is 44.7 Å². The van der Waals surface area contributed by atoms with Gasteiger partial charge in [0.2, 0.25) is 0 Å². The standard InChI is InChI=1S/C10H15N.C2H6/c1-7(2)10-6-9(11)5-4-8(10)3;1-2/h4-7H,11H2,1-3H3;1-2H3. The smallest absolute Gasteiger partial charge is 0.0317 e. The third-order valence-corrected chi connectivity index (χ3v) is 1.93. The van der Waals surface area contributed by atoms with E-state index in [0.29, 0.717) is 5.92 Å². The average molecular weight is 179 g/mol. The summed E-state index contributed by atoms with van der Waals surface area (Å²) in [5.74, 6) is 0.568. The molecule has 2 N–H and O–H groups in total. The Bertz CT molecular complexity index is 251. The van der Waals surface area contributed by atoms with Gasteiger partial charge in [-0.05, 0) is 36.1 Å². The third kappa shape index (κ3) is 3.49. The topological polar surface area (TPSA) is 26.0 Å². The summed E-state index contributed by atoms with van der Waals surface area (Å²) < 4.78 is 0. The van der Waals surface area contributed by atoms with Crippen LogP contribution in [0.4, 0.5) is 5.69 Å².